The minimum absolute atomic E-state index is 0.145. The number of rotatable bonds is 3. The molecule has 2 atom stereocenters. The SMILES string of the molecule is CC(C)C(N)c1nc(C2CC2(C)C)no1. The molecule has 0 radical (unpaired) electrons. The van der Waals surface area contributed by atoms with E-state index < -0.39 is 0 Å². The van der Waals surface area contributed by atoms with Gasteiger partial charge in [0, 0.05) is 5.92 Å². The van der Waals surface area contributed by atoms with E-state index in [0.29, 0.717) is 23.1 Å². The molecule has 2 unspecified atom stereocenters. The van der Waals surface area contributed by atoms with Gasteiger partial charge in [0.2, 0.25) is 5.89 Å². The Labute approximate surface area is 90.2 Å². The fourth-order valence-corrected chi connectivity index (χ4v) is 1.72. The number of aromatic nitrogens is 2. The van der Waals surface area contributed by atoms with Crippen LogP contribution in [0.15, 0.2) is 4.52 Å². The molecule has 0 bridgehead atoms. The third kappa shape index (κ3) is 1.91. The molecule has 0 aliphatic heterocycles. The second-order valence-electron chi connectivity index (χ2n) is 5.51. The van der Waals surface area contributed by atoms with Gasteiger partial charge in [0.1, 0.15) is 0 Å². The van der Waals surface area contributed by atoms with Gasteiger partial charge in [-0.15, -0.1) is 0 Å². The Kier molecular flexibility index (Phi) is 2.34. The molecule has 1 aliphatic rings. The lowest BCUT2D eigenvalue weighted by Gasteiger charge is -2.09. The van der Waals surface area contributed by atoms with Crippen molar-refractivity contribution < 1.29 is 4.52 Å². The summed E-state index contributed by atoms with van der Waals surface area (Å²) in [6, 6.07) is -0.145. The molecule has 0 spiro atoms. The highest BCUT2D eigenvalue weighted by Gasteiger charge is 2.49. The van der Waals surface area contributed by atoms with E-state index in [0.717, 1.165) is 12.2 Å². The minimum Gasteiger partial charge on any atom is -0.338 e. The summed E-state index contributed by atoms with van der Waals surface area (Å²) in [4.78, 5) is 4.39. The van der Waals surface area contributed by atoms with E-state index in [2.05, 4.69) is 37.8 Å². The molecule has 1 saturated carbocycles. The number of nitrogens with two attached hydrogens (primary N) is 1. The Morgan fingerprint density at radius 1 is 1.47 bits per heavy atom. The van der Waals surface area contributed by atoms with Gasteiger partial charge in [0.25, 0.3) is 0 Å². The molecule has 0 saturated heterocycles. The van der Waals surface area contributed by atoms with Gasteiger partial charge in [0.15, 0.2) is 5.82 Å². The van der Waals surface area contributed by atoms with Crippen molar-refractivity contribution in [3.05, 3.63) is 11.7 Å². The third-order valence-electron chi connectivity index (χ3n) is 3.29. The van der Waals surface area contributed by atoms with Crippen molar-refractivity contribution >= 4 is 0 Å². The number of hydrogen-bond acceptors (Lipinski definition) is 4. The number of nitrogens with zero attached hydrogens (tertiary/aromatic N) is 2. The lowest BCUT2D eigenvalue weighted by Crippen LogP contribution is -2.17. The van der Waals surface area contributed by atoms with Crippen LogP contribution in [-0.4, -0.2) is 10.1 Å². The van der Waals surface area contributed by atoms with E-state index in [1.165, 1.54) is 0 Å². The van der Waals surface area contributed by atoms with Crippen molar-refractivity contribution in [2.75, 3.05) is 0 Å². The summed E-state index contributed by atoms with van der Waals surface area (Å²) in [5, 5.41) is 4.01. The van der Waals surface area contributed by atoms with Crippen LogP contribution in [0.1, 0.15) is 57.8 Å². The van der Waals surface area contributed by atoms with Crippen molar-refractivity contribution in [1.82, 2.24) is 10.1 Å². The molecule has 0 amide bonds. The zero-order chi connectivity index (χ0) is 11.2. The summed E-state index contributed by atoms with van der Waals surface area (Å²) < 4.78 is 5.20. The molecule has 1 fully saturated rings. The second kappa shape index (κ2) is 3.30. The first-order valence-electron chi connectivity index (χ1n) is 5.51. The normalized spacial score (nSPS) is 25.6. The zero-order valence-corrected chi connectivity index (χ0v) is 9.82. The fourth-order valence-electron chi connectivity index (χ4n) is 1.72. The first-order valence-corrected chi connectivity index (χ1v) is 5.51. The summed E-state index contributed by atoms with van der Waals surface area (Å²) in [6.45, 7) is 8.54. The Bertz CT molecular complexity index is 340. The molecule has 84 valence electrons. The van der Waals surface area contributed by atoms with Crippen molar-refractivity contribution in [3.8, 4) is 0 Å². The molecule has 2 N–H and O–H groups in total. The molecule has 4 nitrogen and oxygen atoms in total. The molecule has 0 aromatic carbocycles. The van der Waals surface area contributed by atoms with Gasteiger partial charge in [-0.3, -0.25) is 0 Å². The Morgan fingerprint density at radius 2 is 2.07 bits per heavy atom. The van der Waals surface area contributed by atoms with Gasteiger partial charge in [-0.1, -0.05) is 32.9 Å². The van der Waals surface area contributed by atoms with E-state index in [9.17, 15) is 0 Å². The zero-order valence-electron chi connectivity index (χ0n) is 9.82. The molecule has 1 aromatic rings. The molecule has 1 aliphatic carbocycles. The summed E-state index contributed by atoms with van der Waals surface area (Å²) in [5.74, 6) is 2.17. The maximum absolute atomic E-state index is 5.94. The molecule has 2 rings (SSSR count). The van der Waals surface area contributed by atoms with Crippen LogP contribution in [0.5, 0.6) is 0 Å². The first-order chi connectivity index (χ1) is 6.92. The standard InChI is InChI=1S/C11H19N3O/c1-6(2)8(12)10-13-9(14-15-10)7-5-11(7,3)4/h6-8H,5,12H2,1-4H3. The first kappa shape index (κ1) is 10.6. The lowest BCUT2D eigenvalue weighted by molar-refractivity contribution is 0.322. The predicted octanol–water partition coefficient (Wildman–Crippen LogP) is 2.24. The van der Waals surface area contributed by atoms with Gasteiger partial charge in [0.05, 0.1) is 6.04 Å². The highest BCUT2D eigenvalue weighted by atomic mass is 16.5. The van der Waals surface area contributed by atoms with Crippen molar-refractivity contribution in [3.63, 3.8) is 0 Å². The minimum atomic E-state index is -0.145. The maximum atomic E-state index is 5.94. The van der Waals surface area contributed by atoms with E-state index in [1.54, 1.807) is 0 Å². The van der Waals surface area contributed by atoms with Gasteiger partial charge in [-0.25, -0.2) is 0 Å². The van der Waals surface area contributed by atoms with E-state index in [-0.39, 0.29) is 6.04 Å². The van der Waals surface area contributed by atoms with Crippen molar-refractivity contribution in [1.29, 1.82) is 0 Å². The Morgan fingerprint density at radius 3 is 2.53 bits per heavy atom. The van der Waals surface area contributed by atoms with Crippen LogP contribution in [0.3, 0.4) is 0 Å². The molecule has 4 heteroatoms. The predicted molar refractivity (Wildman–Crippen MR) is 57.2 cm³/mol. The van der Waals surface area contributed by atoms with Crippen LogP contribution in [0, 0.1) is 11.3 Å². The van der Waals surface area contributed by atoms with Crippen LogP contribution in [0.2, 0.25) is 0 Å². The third-order valence-corrected chi connectivity index (χ3v) is 3.29. The van der Waals surface area contributed by atoms with Gasteiger partial charge in [-0.2, -0.15) is 4.98 Å². The van der Waals surface area contributed by atoms with Crippen LogP contribution >= 0.6 is 0 Å². The van der Waals surface area contributed by atoms with Gasteiger partial charge in [-0.05, 0) is 17.8 Å². The summed E-state index contributed by atoms with van der Waals surface area (Å²) >= 11 is 0. The van der Waals surface area contributed by atoms with Gasteiger partial charge >= 0.3 is 0 Å². The quantitative estimate of drug-likeness (QED) is 0.829. The summed E-state index contributed by atoms with van der Waals surface area (Å²) in [6.07, 6.45) is 1.14. The monoisotopic (exact) mass is 209 g/mol. The summed E-state index contributed by atoms with van der Waals surface area (Å²) in [5.41, 5.74) is 6.28. The van der Waals surface area contributed by atoms with E-state index >= 15 is 0 Å². The highest BCUT2D eigenvalue weighted by Crippen LogP contribution is 2.57. The second-order valence-corrected chi connectivity index (χ2v) is 5.51. The lowest BCUT2D eigenvalue weighted by atomic mass is 10.1. The topological polar surface area (TPSA) is 64.9 Å². The summed E-state index contributed by atoms with van der Waals surface area (Å²) in [7, 11) is 0. The average molecular weight is 209 g/mol. The molecule has 1 aromatic heterocycles. The van der Waals surface area contributed by atoms with Crippen molar-refractivity contribution in [2.45, 2.75) is 46.1 Å². The smallest absolute Gasteiger partial charge is 0.243 e. The largest absolute Gasteiger partial charge is 0.338 e. The van der Waals surface area contributed by atoms with Crippen LogP contribution in [-0.2, 0) is 0 Å². The Balaban J connectivity index is 2.12. The molecular weight excluding hydrogens is 190 g/mol. The maximum Gasteiger partial charge on any atom is 0.243 e. The highest BCUT2D eigenvalue weighted by molar-refractivity contribution is 5.14. The fraction of sp³-hybridized carbons (Fsp3) is 0.818. The molecule has 1 heterocycles. The van der Waals surface area contributed by atoms with Crippen LogP contribution in [0.4, 0.5) is 0 Å². The number of hydrogen-bond donors (Lipinski definition) is 1. The van der Waals surface area contributed by atoms with Crippen LogP contribution < -0.4 is 5.73 Å². The van der Waals surface area contributed by atoms with E-state index in [4.69, 9.17) is 10.3 Å². The Hall–Kier alpha value is -0.900. The van der Waals surface area contributed by atoms with Gasteiger partial charge < -0.3 is 10.3 Å². The molecular formula is C11H19N3O. The van der Waals surface area contributed by atoms with E-state index in [1.807, 2.05) is 0 Å². The average Bonchev–Trinajstić information content (AvgIpc) is 2.64. The van der Waals surface area contributed by atoms with Crippen molar-refractivity contribution in [2.24, 2.45) is 17.1 Å². The molecule has 15 heavy (non-hydrogen) atoms. The van der Waals surface area contributed by atoms with Crippen LogP contribution in [0.25, 0.3) is 0 Å².